The zero-order valence-corrected chi connectivity index (χ0v) is 20.9. The van der Waals surface area contributed by atoms with E-state index in [2.05, 4.69) is 25.7 Å². The molecule has 0 bridgehead atoms. The van der Waals surface area contributed by atoms with E-state index >= 15 is 0 Å². The zero-order valence-electron chi connectivity index (χ0n) is 20.9. The highest BCUT2D eigenvalue weighted by molar-refractivity contribution is 5.35. The van der Waals surface area contributed by atoms with Crippen molar-refractivity contribution in [3.05, 3.63) is 35.5 Å². The van der Waals surface area contributed by atoms with E-state index in [0.717, 1.165) is 56.1 Å². The van der Waals surface area contributed by atoms with Gasteiger partial charge >= 0.3 is 12.4 Å². The van der Waals surface area contributed by atoms with Crippen LogP contribution in [0.5, 0.6) is 0 Å². The summed E-state index contributed by atoms with van der Waals surface area (Å²) in [5.41, 5.74) is -1.63. The molecule has 0 amide bonds. The molecule has 0 radical (unpaired) electrons. The third kappa shape index (κ3) is 5.88. The van der Waals surface area contributed by atoms with Crippen LogP contribution in [0.3, 0.4) is 0 Å². The minimum absolute atomic E-state index is 0.0650. The van der Waals surface area contributed by atoms with Crippen LogP contribution < -0.4 is 0 Å². The second kappa shape index (κ2) is 10.4. The van der Waals surface area contributed by atoms with Crippen molar-refractivity contribution in [3.63, 3.8) is 0 Å². The minimum atomic E-state index is -5.93. The maximum Gasteiger partial charge on any atom is 0.426 e. The molecule has 3 nitrogen and oxygen atoms in total. The van der Waals surface area contributed by atoms with Gasteiger partial charge in [0.2, 0.25) is 0 Å². The fraction of sp³-hybridized carbons (Fsp3) is 0.778. The van der Waals surface area contributed by atoms with Gasteiger partial charge in [-0.2, -0.15) is 26.3 Å². The predicted molar refractivity (Wildman–Crippen MR) is 125 cm³/mol. The highest BCUT2D eigenvalue weighted by Crippen LogP contribution is 2.59. The number of alkyl halides is 6. The Bertz CT molecular complexity index is 860. The Morgan fingerprint density at radius 3 is 2.28 bits per heavy atom. The summed E-state index contributed by atoms with van der Waals surface area (Å²) in [6.45, 7) is 8.01. The molecule has 3 rings (SSSR count). The first-order valence-corrected chi connectivity index (χ1v) is 12.8. The van der Waals surface area contributed by atoms with Gasteiger partial charge in [0.1, 0.15) is 0 Å². The van der Waals surface area contributed by atoms with E-state index in [4.69, 9.17) is 0 Å². The van der Waals surface area contributed by atoms with Gasteiger partial charge in [-0.15, -0.1) is 0 Å². The third-order valence-electron chi connectivity index (χ3n) is 9.11. The number of hydrogen-bond donors (Lipinski definition) is 3. The summed E-state index contributed by atoms with van der Waals surface area (Å²) in [5.74, 6) is 0.124. The van der Waals surface area contributed by atoms with Crippen molar-refractivity contribution in [1.82, 2.24) is 0 Å². The van der Waals surface area contributed by atoms with Crippen LogP contribution in [0, 0.1) is 23.2 Å². The van der Waals surface area contributed by atoms with Crippen molar-refractivity contribution in [2.24, 2.45) is 23.2 Å². The first kappa shape index (κ1) is 29.2. The molecule has 0 saturated heterocycles. The summed E-state index contributed by atoms with van der Waals surface area (Å²) in [6, 6.07) is 0. The van der Waals surface area contributed by atoms with Crippen LogP contribution in [0.1, 0.15) is 78.1 Å². The summed E-state index contributed by atoms with van der Waals surface area (Å²) in [5, 5.41) is 29.6. The van der Waals surface area contributed by atoms with Gasteiger partial charge in [-0.3, -0.25) is 0 Å². The number of halogens is 6. The summed E-state index contributed by atoms with van der Waals surface area (Å²) in [7, 11) is 0. The Kier molecular flexibility index (Phi) is 8.48. The van der Waals surface area contributed by atoms with Gasteiger partial charge in [0.25, 0.3) is 5.60 Å². The maximum atomic E-state index is 13.0. The number of rotatable bonds is 6. The van der Waals surface area contributed by atoms with E-state index in [1.807, 2.05) is 0 Å². The monoisotopic (exact) mass is 524 g/mol. The van der Waals surface area contributed by atoms with E-state index in [1.165, 1.54) is 5.57 Å². The SMILES string of the molecule is C=C1CC[C@H](O)C/C1=C/C=C1\CCC2(C)C(CCC2C(C)CC(O)CC(O)(C(F)(F)F)C(F)(F)F)C1. The fourth-order valence-electron chi connectivity index (χ4n) is 6.82. The van der Waals surface area contributed by atoms with Crippen LogP contribution in [-0.2, 0) is 0 Å². The summed E-state index contributed by atoms with van der Waals surface area (Å²) >= 11 is 0. The summed E-state index contributed by atoms with van der Waals surface area (Å²) < 4.78 is 78.2. The van der Waals surface area contributed by atoms with Crippen molar-refractivity contribution in [2.45, 2.75) is 108 Å². The lowest BCUT2D eigenvalue weighted by molar-refractivity contribution is -0.374. The molecule has 5 unspecified atom stereocenters. The van der Waals surface area contributed by atoms with E-state index in [-0.39, 0.29) is 29.8 Å². The third-order valence-corrected chi connectivity index (χ3v) is 9.11. The maximum absolute atomic E-state index is 13.0. The van der Waals surface area contributed by atoms with Gasteiger partial charge in [0.05, 0.1) is 12.2 Å². The first-order valence-electron chi connectivity index (χ1n) is 12.8. The average Bonchev–Trinajstić information content (AvgIpc) is 3.09. The van der Waals surface area contributed by atoms with Crippen LogP contribution in [-0.4, -0.2) is 45.5 Å². The van der Waals surface area contributed by atoms with E-state index in [1.54, 1.807) is 6.92 Å². The topological polar surface area (TPSA) is 60.7 Å². The second-order valence-corrected chi connectivity index (χ2v) is 11.5. The molecule has 9 heteroatoms. The van der Waals surface area contributed by atoms with Crippen molar-refractivity contribution in [1.29, 1.82) is 0 Å². The largest absolute Gasteiger partial charge is 0.426 e. The smallest absolute Gasteiger partial charge is 0.393 e. The van der Waals surface area contributed by atoms with E-state index in [9.17, 15) is 41.7 Å². The molecule has 0 aromatic heterocycles. The lowest BCUT2D eigenvalue weighted by atomic mass is 9.61. The fourth-order valence-corrected chi connectivity index (χ4v) is 6.82. The molecule has 0 spiro atoms. The highest BCUT2D eigenvalue weighted by atomic mass is 19.4. The predicted octanol–water partition coefficient (Wildman–Crippen LogP) is 6.79. The number of fused-ring (bicyclic) bond motifs is 1. The zero-order chi connectivity index (χ0) is 27.1. The van der Waals surface area contributed by atoms with Crippen molar-refractivity contribution >= 4 is 0 Å². The molecule has 3 N–H and O–H groups in total. The lowest BCUT2D eigenvalue weighted by Gasteiger charge is -2.44. The van der Waals surface area contributed by atoms with Gasteiger partial charge in [0, 0.05) is 6.42 Å². The number of aliphatic hydroxyl groups excluding tert-OH is 2. The Labute approximate surface area is 209 Å². The number of aliphatic hydroxyl groups is 3. The first-order chi connectivity index (χ1) is 16.5. The number of hydrogen-bond acceptors (Lipinski definition) is 3. The molecule has 206 valence electrons. The molecule has 6 atom stereocenters. The van der Waals surface area contributed by atoms with Gasteiger partial charge in [-0.1, -0.05) is 43.7 Å². The molecular weight excluding hydrogens is 486 g/mol. The Morgan fingerprint density at radius 2 is 1.67 bits per heavy atom. The van der Waals surface area contributed by atoms with E-state index < -0.39 is 30.5 Å². The van der Waals surface area contributed by atoms with Crippen molar-refractivity contribution < 1.29 is 41.7 Å². The Balaban J connectivity index is 1.64. The quantitative estimate of drug-likeness (QED) is 0.336. The van der Waals surface area contributed by atoms with Crippen molar-refractivity contribution in [2.75, 3.05) is 0 Å². The molecule has 36 heavy (non-hydrogen) atoms. The molecular formula is C27H38F6O3. The molecule has 0 aromatic rings. The summed E-state index contributed by atoms with van der Waals surface area (Å²) in [6.07, 6.45) is -5.60. The molecule has 3 fully saturated rings. The van der Waals surface area contributed by atoms with Gasteiger partial charge in [-0.25, -0.2) is 0 Å². The van der Waals surface area contributed by atoms with Crippen LogP contribution >= 0.6 is 0 Å². The van der Waals surface area contributed by atoms with Crippen LogP contribution in [0.15, 0.2) is 35.5 Å². The molecule has 0 aliphatic heterocycles. The highest BCUT2D eigenvalue weighted by Gasteiger charge is 2.70. The molecule has 0 aromatic carbocycles. The molecule has 3 aliphatic rings. The normalized spacial score (nSPS) is 34.2. The Morgan fingerprint density at radius 1 is 1.03 bits per heavy atom. The van der Waals surface area contributed by atoms with Crippen LogP contribution in [0.2, 0.25) is 0 Å². The van der Waals surface area contributed by atoms with Gasteiger partial charge in [0.15, 0.2) is 0 Å². The number of allylic oxidation sites excluding steroid dienone is 4. The average molecular weight is 525 g/mol. The van der Waals surface area contributed by atoms with Gasteiger partial charge < -0.3 is 15.3 Å². The molecule has 3 saturated carbocycles. The van der Waals surface area contributed by atoms with Gasteiger partial charge in [-0.05, 0) is 86.5 Å². The lowest BCUT2D eigenvalue weighted by Crippen LogP contribution is -2.58. The Hall–Kier alpha value is -1.32. The van der Waals surface area contributed by atoms with Crippen LogP contribution in [0.25, 0.3) is 0 Å². The van der Waals surface area contributed by atoms with Crippen molar-refractivity contribution in [3.8, 4) is 0 Å². The second-order valence-electron chi connectivity index (χ2n) is 11.5. The summed E-state index contributed by atoms with van der Waals surface area (Å²) in [4.78, 5) is 0. The van der Waals surface area contributed by atoms with E-state index in [0.29, 0.717) is 12.3 Å². The van der Waals surface area contributed by atoms with Crippen LogP contribution in [0.4, 0.5) is 26.3 Å². The standard InChI is InChI=1S/C27H38F6O3/c1-16-4-8-21(34)14-19(16)6-5-18-10-11-24(3)20(13-18)7-9-23(24)17(2)12-22(35)15-25(36,26(28,29)30)27(31,32)33/h5-6,17,20-23,34-36H,1,4,7-15H2,2-3H3/b18-5+,19-6-/t17?,20?,21-,22?,23?,24?/m0/s1. The molecule has 3 aliphatic carbocycles. The molecule has 0 heterocycles. The minimum Gasteiger partial charge on any atom is -0.393 e.